The highest BCUT2D eigenvalue weighted by Crippen LogP contribution is 2.38. The summed E-state index contributed by atoms with van der Waals surface area (Å²) in [4.78, 5) is 10.6. The van der Waals surface area contributed by atoms with Crippen molar-refractivity contribution in [3.05, 3.63) is 0 Å². The highest BCUT2D eigenvalue weighted by atomic mass is 32.2. The molecule has 70 valence electrons. The lowest BCUT2D eigenvalue weighted by Crippen LogP contribution is -2.41. The van der Waals surface area contributed by atoms with Gasteiger partial charge in [-0.1, -0.05) is 6.92 Å². The first-order chi connectivity index (χ1) is 5.46. The lowest BCUT2D eigenvalue weighted by molar-refractivity contribution is -0.149. The van der Waals surface area contributed by atoms with Crippen molar-refractivity contribution in [2.75, 3.05) is 5.75 Å². The normalized spacial score (nSPS) is 38.1. The van der Waals surface area contributed by atoms with Crippen LogP contribution in [0.15, 0.2) is 0 Å². The summed E-state index contributed by atoms with van der Waals surface area (Å²) in [6.45, 7) is 3.58. The topological polar surface area (TPSA) is 57.5 Å². The van der Waals surface area contributed by atoms with E-state index in [0.29, 0.717) is 17.4 Å². The second-order valence-corrected chi connectivity index (χ2v) is 4.92. The Morgan fingerprint density at radius 1 is 1.75 bits per heavy atom. The number of rotatable bonds is 2. The third-order valence-electron chi connectivity index (χ3n) is 2.44. The van der Waals surface area contributed by atoms with Crippen molar-refractivity contribution in [3.8, 4) is 0 Å². The fourth-order valence-electron chi connectivity index (χ4n) is 1.43. The maximum absolute atomic E-state index is 10.6. The molecule has 1 heterocycles. The zero-order valence-corrected chi connectivity index (χ0v) is 8.10. The molecule has 3 atom stereocenters. The molecule has 0 saturated carbocycles. The molecule has 1 aliphatic rings. The summed E-state index contributed by atoms with van der Waals surface area (Å²) < 4.78 is 0. The Morgan fingerprint density at radius 2 is 2.33 bits per heavy atom. The van der Waals surface area contributed by atoms with Crippen LogP contribution in [-0.4, -0.2) is 32.8 Å². The molecule has 0 radical (unpaired) electrons. The van der Waals surface area contributed by atoms with E-state index in [9.17, 15) is 9.90 Å². The summed E-state index contributed by atoms with van der Waals surface area (Å²) in [5, 5.41) is 19.0. The largest absolute Gasteiger partial charge is 0.481 e. The quantitative estimate of drug-likeness (QED) is 0.681. The maximum atomic E-state index is 10.6. The van der Waals surface area contributed by atoms with Crippen molar-refractivity contribution in [2.45, 2.75) is 31.1 Å². The van der Waals surface area contributed by atoms with Gasteiger partial charge in [-0.2, -0.15) is 11.8 Å². The molecule has 1 rings (SSSR count). The van der Waals surface area contributed by atoms with E-state index in [0.717, 1.165) is 0 Å². The van der Waals surface area contributed by atoms with Crippen LogP contribution in [0, 0.1) is 5.92 Å². The molecule has 0 bridgehead atoms. The molecule has 0 amide bonds. The summed E-state index contributed by atoms with van der Waals surface area (Å²) in [5.41, 5.74) is -0.990. The summed E-state index contributed by atoms with van der Waals surface area (Å²) >= 11 is 1.64. The van der Waals surface area contributed by atoms with Gasteiger partial charge >= 0.3 is 5.97 Å². The molecule has 3 unspecified atom stereocenters. The van der Waals surface area contributed by atoms with Gasteiger partial charge in [0.15, 0.2) is 0 Å². The number of aliphatic carboxylic acids is 1. The third-order valence-corrected chi connectivity index (χ3v) is 3.84. The van der Waals surface area contributed by atoms with Gasteiger partial charge in [-0.3, -0.25) is 4.79 Å². The van der Waals surface area contributed by atoms with Crippen LogP contribution in [-0.2, 0) is 4.79 Å². The van der Waals surface area contributed by atoms with Crippen LogP contribution < -0.4 is 0 Å². The molecule has 0 aromatic rings. The molecule has 2 N–H and O–H groups in total. The van der Waals surface area contributed by atoms with Gasteiger partial charge in [-0.05, 0) is 13.3 Å². The van der Waals surface area contributed by atoms with Gasteiger partial charge in [-0.15, -0.1) is 0 Å². The molecule has 12 heavy (non-hydrogen) atoms. The van der Waals surface area contributed by atoms with Crippen molar-refractivity contribution in [1.82, 2.24) is 0 Å². The van der Waals surface area contributed by atoms with Crippen molar-refractivity contribution >= 4 is 17.7 Å². The molecule has 1 saturated heterocycles. The van der Waals surface area contributed by atoms with Gasteiger partial charge in [0.25, 0.3) is 0 Å². The minimum Gasteiger partial charge on any atom is -0.481 e. The zero-order valence-electron chi connectivity index (χ0n) is 7.28. The number of aliphatic hydroxyl groups is 1. The van der Waals surface area contributed by atoms with Crippen LogP contribution >= 0.6 is 11.8 Å². The van der Waals surface area contributed by atoms with Crippen molar-refractivity contribution in [1.29, 1.82) is 0 Å². The van der Waals surface area contributed by atoms with Gasteiger partial charge in [0.1, 0.15) is 0 Å². The average Bonchev–Trinajstić information content (AvgIpc) is 2.31. The molecule has 4 heteroatoms. The van der Waals surface area contributed by atoms with Crippen LogP contribution in [0.1, 0.15) is 20.3 Å². The van der Waals surface area contributed by atoms with E-state index in [-0.39, 0.29) is 0 Å². The Morgan fingerprint density at radius 3 is 2.67 bits per heavy atom. The van der Waals surface area contributed by atoms with E-state index in [4.69, 9.17) is 5.11 Å². The maximum Gasteiger partial charge on any atom is 0.309 e. The van der Waals surface area contributed by atoms with Crippen LogP contribution in [0.25, 0.3) is 0 Å². The molecule has 0 aliphatic carbocycles. The lowest BCUT2D eigenvalue weighted by atomic mass is 9.87. The molecule has 1 aliphatic heterocycles. The first-order valence-corrected chi connectivity index (χ1v) is 5.07. The monoisotopic (exact) mass is 190 g/mol. The molecule has 1 fully saturated rings. The van der Waals surface area contributed by atoms with Crippen molar-refractivity contribution in [2.24, 2.45) is 5.92 Å². The fraction of sp³-hybridized carbons (Fsp3) is 0.875. The number of carboxylic acid groups (broad SMARTS) is 1. The molecule has 3 nitrogen and oxygen atoms in total. The van der Waals surface area contributed by atoms with Crippen LogP contribution in [0.5, 0.6) is 0 Å². The number of carbonyl (C=O) groups is 1. The van der Waals surface area contributed by atoms with Crippen LogP contribution in [0.2, 0.25) is 0 Å². The Bertz CT molecular complexity index is 195. The smallest absolute Gasteiger partial charge is 0.309 e. The van der Waals surface area contributed by atoms with Crippen LogP contribution in [0.3, 0.4) is 0 Å². The van der Waals surface area contributed by atoms with Crippen molar-refractivity contribution < 1.29 is 15.0 Å². The summed E-state index contributed by atoms with van der Waals surface area (Å²) in [5.74, 6) is -1.02. The van der Waals surface area contributed by atoms with E-state index < -0.39 is 17.5 Å². The Kier molecular flexibility index (Phi) is 2.68. The van der Waals surface area contributed by atoms with Crippen LogP contribution in [0.4, 0.5) is 0 Å². The number of hydrogen-bond donors (Lipinski definition) is 2. The van der Waals surface area contributed by atoms with Gasteiger partial charge in [0.05, 0.1) is 11.5 Å². The molecule has 0 aromatic heterocycles. The van der Waals surface area contributed by atoms with E-state index in [2.05, 4.69) is 0 Å². The van der Waals surface area contributed by atoms with E-state index in [1.807, 2.05) is 6.92 Å². The first kappa shape index (κ1) is 9.86. The van der Waals surface area contributed by atoms with Gasteiger partial charge in [0.2, 0.25) is 0 Å². The zero-order chi connectivity index (χ0) is 9.35. The number of carboxylic acids is 1. The summed E-state index contributed by atoms with van der Waals surface area (Å²) in [6, 6.07) is 0. The number of thioether (sulfide) groups is 1. The van der Waals surface area contributed by atoms with Gasteiger partial charge in [0, 0.05) is 11.0 Å². The molecular formula is C8H14O3S. The minimum absolute atomic E-state index is 0.372. The lowest BCUT2D eigenvalue weighted by Gasteiger charge is -2.25. The minimum atomic E-state index is -0.990. The third kappa shape index (κ3) is 1.75. The predicted molar refractivity (Wildman–Crippen MR) is 48.3 cm³/mol. The number of hydrogen-bond acceptors (Lipinski definition) is 3. The predicted octanol–water partition coefficient (Wildman–Crippen LogP) is 0.964. The second-order valence-electron chi connectivity index (χ2n) is 3.49. The van der Waals surface area contributed by atoms with E-state index >= 15 is 0 Å². The Hall–Kier alpha value is -0.220. The highest BCUT2D eigenvalue weighted by molar-refractivity contribution is 8.00. The van der Waals surface area contributed by atoms with Crippen molar-refractivity contribution in [3.63, 3.8) is 0 Å². The second kappa shape index (κ2) is 3.26. The average molecular weight is 190 g/mol. The first-order valence-electron chi connectivity index (χ1n) is 4.02. The molecule has 0 aromatic carbocycles. The van der Waals surface area contributed by atoms with E-state index in [1.54, 1.807) is 18.7 Å². The SMILES string of the molecule is CC1CC(O)(C(C)C(=O)O)CS1. The Balaban J connectivity index is 2.66. The summed E-state index contributed by atoms with van der Waals surface area (Å²) in [7, 11) is 0. The highest BCUT2D eigenvalue weighted by Gasteiger charge is 2.43. The molecule has 0 spiro atoms. The Labute approximate surface area is 76.2 Å². The summed E-state index contributed by atoms with van der Waals surface area (Å²) in [6.07, 6.45) is 0.588. The van der Waals surface area contributed by atoms with Gasteiger partial charge in [-0.25, -0.2) is 0 Å². The van der Waals surface area contributed by atoms with Gasteiger partial charge < -0.3 is 10.2 Å². The van der Waals surface area contributed by atoms with E-state index in [1.165, 1.54) is 0 Å². The standard InChI is InChI=1S/C8H14O3S/c1-5-3-8(11,4-12-5)6(2)7(9)10/h5-6,11H,3-4H2,1-2H3,(H,9,10). The molecular weight excluding hydrogens is 176 g/mol. The fourth-order valence-corrected chi connectivity index (χ4v) is 2.78.